The molecule has 4 heterocycles. The molecule has 23 heteroatoms. The van der Waals surface area contributed by atoms with Crippen LogP contribution in [0, 0.1) is 6.92 Å². The number of primary amides is 1. The van der Waals surface area contributed by atoms with Crippen molar-refractivity contribution in [3.8, 4) is 0 Å². The molecule has 2 saturated heterocycles. The van der Waals surface area contributed by atoms with Gasteiger partial charge in [0.05, 0.1) is 24.1 Å². The lowest BCUT2D eigenvalue weighted by atomic mass is 9.89. The van der Waals surface area contributed by atoms with Crippen LogP contribution in [0.2, 0.25) is 36.3 Å². The number of hydrogen-bond donors (Lipinski definition) is 4. The number of aryl methyl sites for hydroxylation is 1. The molecule has 0 aliphatic carbocycles. The molecule has 1 spiro atoms. The summed E-state index contributed by atoms with van der Waals surface area (Å²) in [5.41, 5.74) is 9.45. The Hall–Kier alpha value is -4.66. The van der Waals surface area contributed by atoms with Crippen LogP contribution in [0.1, 0.15) is 84.6 Å². The molecule has 0 unspecified atom stereocenters. The zero-order chi connectivity index (χ0) is 50.1. The standard InChI is InChI=1S/C44H69N7O13SSi2/c1-28-24-51(39-35(63-67(10,11)43(5,6)7)44(32(45)27-65(58,59)64-44)33(62-39)26-61-66(8,9)42(2,3)4)41(57)50(37(28)54)22-16-20-47-36(53)31-19-15-21-49(31)38(55)30(23-34(46)52)48-40(56)60-25-29-17-13-12-14-18-29/h12-14,17-18,24,27,30-31,33,35,39H,15-16,19-23,25-26,45H2,1-11H3,(H2,46,52)(H,47,53)(H,48,56)/t30-,31-,33+,35-,39+,44+/m0/s1. The second-order valence-electron chi connectivity index (χ2n) is 20.5. The van der Waals surface area contributed by atoms with Crippen LogP contribution in [-0.4, -0.2) is 112 Å². The maximum atomic E-state index is 14.6. The molecule has 0 saturated carbocycles. The Kier molecular flexibility index (Phi) is 16.0. The van der Waals surface area contributed by atoms with Gasteiger partial charge in [-0.2, -0.15) is 8.42 Å². The number of benzene rings is 1. The van der Waals surface area contributed by atoms with Crippen molar-refractivity contribution < 1.29 is 50.1 Å². The van der Waals surface area contributed by atoms with Gasteiger partial charge in [0, 0.05) is 31.4 Å². The molecule has 4 amide bonds. The summed E-state index contributed by atoms with van der Waals surface area (Å²) in [7, 11) is -9.68. The number of rotatable bonds is 17. The van der Waals surface area contributed by atoms with E-state index in [0.29, 0.717) is 18.4 Å². The minimum Gasteiger partial charge on any atom is -0.445 e. The van der Waals surface area contributed by atoms with Gasteiger partial charge in [0.2, 0.25) is 17.7 Å². The smallest absolute Gasteiger partial charge is 0.408 e. The van der Waals surface area contributed by atoms with Crippen LogP contribution in [-0.2, 0) is 60.2 Å². The summed E-state index contributed by atoms with van der Waals surface area (Å²) in [6.07, 6.45) is -3.06. The third-order valence-corrected chi connectivity index (χ3v) is 23.6. The topological polar surface area (TPSA) is 272 Å². The van der Waals surface area contributed by atoms with Gasteiger partial charge in [-0.1, -0.05) is 71.9 Å². The summed E-state index contributed by atoms with van der Waals surface area (Å²) >= 11 is 0. The summed E-state index contributed by atoms with van der Waals surface area (Å²) in [4.78, 5) is 81.4. The van der Waals surface area contributed by atoms with Crippen LogP contribution in [0.3, 0.4) is 0 Å². The van der Waals surface area contributed by atoms with Crippen molar-refractivity contribution in [1.82, 2.24) is 24.7 Å². The van der Waals surface area contributed by atoms with Crippen LogP contribution >= 0.6 is 0 Å². The molecular formula is C44H69N7O13SSi2. The monoisotopic (exact) mass is 991 g/mol. The second kappa shape index (κ2) is 20.1. The van der Waals surface area contributed by atoms with Crippen molar-refractivity contribution in [2.24, 2.45) is 11.5 Å². The van der Waals surface area contributed by atoms with E-state index in [-0.39, 0.29) is 55.6 Å². The van der Waals surface area contributed by atoms with E-state index in [9.17, 15) is 37.2 Å². The minimum atomic E-state index is -4.34. The zero-order valence-electron chi connectivity index (χ0n) is 40.5. The van der Waals surface area contributed by atoms with E-state index >= 15 is 0 Å². The van der Waals surface area contributed by atoms with Crippen molar-refractivity contribution in [2.75, 3.05) is 19.7 Å². The van der Waals surface area contributed by atoms with Crippen molar-refractivity contribution in [2.45, 2.75) is 160 Å². The lowest BCUT2D eigenvalue weighted by Crippen LogP contribution is -2.59. The average molecular weight is 992 g/mol. The summed E-state index contributed by atoms with van der Waals surface area (Å²) in [6, 6.07) is 6.54. The van der Waals surface area contributed by atoms with E-state index in [0.717, 1.165) is 9.98 Å². The van der Waals surface area contributed by atoms with Crippen molar-refractivity contribution in [1.29, 1.82) is 0 Å². The third-order valence-electron chi connectivity index (χ3n) is 13.6. The quantitative estimate of drug-likeness (QED) is 0.101. The normalized spacial score (nSPS) is 23.5. The van der Waals surface area contributed by atoms with Gasteiger partial charge in [0.1, 0.15) is 30.9 Å². The Labute approximate surface area is 394 Å². The molecule has 0 bridgehead atoms. The van der Waals surface area contributed by atoms with Crippen LogP contribution in [0.15, 0.2) is 57.2 Å². The fraction of sp³-hybridized carbons (Fsp3) is 0.636. The Morgan fingerprint density at radius 3 is 2.22 bits per heavy atom. The first-order valence-corrected chi connectivity index (χ1v) is 29.8. The molecular weight excluding hydrogens is 923 g/mol. The molecule has 0 radical (unpaired) electrons. The predicted octanol–water partition coefficient (Wildman–Crippen LogP) is 3.19. The zero-order valence-corrected chi connectivity index (χ0v) is 43.3. The number of nitrogens with one attached hydrogen (secondary N) is 2. The molecule has 372 valence electrons. The van der Waals surface area contributed by atoms with Crippen LogP contribution in [0.4, 0.5) is 4.79 Å². The van der Waals surface area contributed by atoms with E-state index in [1.54, 1.807) is 24.3 Å². The number of amides is 4. The van der Waals surface area contributed by atoms with Crippen LogP contribution in [0.5, 0.6) is 0 Å². The molecule has 6 N–H and O–H groups in total. The number of ether oxygens (including phenoxy) is 2. The Morgan fingerprint density at radius 1 is 1.00 bits per heavy atom. The lowest BCUT2D eigenvalue weighted by molar-refractivity contribution is -0.140. The van der Waals surface area contributed by atoms with Crippen molar-refractivity contribution >= 4 is 50.6 Å². The molecule has 3 aliphatic rings. The molecule has 20 nitrogen and oxygen atoms in total. The third kappa shape index (κ3) is 11.8. The second-order valence-corrected chi connectivity index (χ2v) is 31.5. The number of nitrogens with zero attached hydrogens (tertiary/aromatic N) is 3. The van der Waals surface area contributed by atoms with Gasteiger partial charge in [-0.25, -0.2) is 13.8 Å². The van der Waals surface area contributed by atoms with E-state index in [1.807, 2.05) is 53.0 Å². The van der Waals surface area contributed by atoms with Gasteiger partial charge >= 0.3 is 11.8 Å². The van der Waals surface area contributed by atoms with E-state index in [4.69, 9.17) is 34.0 Å². The first kappa shape index (κ1) is 53.3. The molecule has 6 atom stereocenters. The van der Waals surface area contributed by atoms with Gasteiger partial charge in [-0.15, -0.1) is 0 Å². The number of nitrogens with two attached hydrogens (primary N) is 2. The van der Waals surface area contributed by atoms with Gasteiger partial charge in [-0.05, 0) is 68.0 Å². The first-order valence-electron chi connectivity index (χ1n) is 22.5. The van der Waals surface area contributed by atoms with Crippen molar-refractivity contribution in [3.05, 3.63) is 79.6 Å². The fourth-order valence-electron chi connectivity index (χ4n) is 7.73. The van der Waals surface area contributed by atoms with Gasteiger partial charge < -0.3 is 45.3 Å². The minimum absolute atomic E-state index is 0.00793. The molecule has 2 fully saturated rings. The summed E-state index contributed by atoms with van der Waals surface area (Å²) in [6.45, 7) is 21.5. The van der Waals surface area contributed by atoms with E-state index < -0.39 is 109 Å². The molecule has 3 aliphatic heterocycles. The largest absolute Gasteiger partial charge is 0.445 e. The highest BCUT2D eigenvalue weighted by Gasteiger charge is 2.67. The number of likely N-dealkylation sites (tertiary alicyclic amines) is 1. The predicted molar refractivity (Wildman–Crippen MR) is 254 cm³/mol. The number of alkyl carbamates (subject to hydrolysis) is 1. The maximum absolute atomic E-state index is 14.6. The van der Waals surface area contributed by atoms with Gasteiger partial charge in [-0.3, -0.25) is 28.3 Å². The Morgan fingerprint density at radius 2 is 1.64 bits per heavy atom. The molecule has 5 rings (SSSR count). The van der Waals surface area contributed by atoms with Crippen LogP contribution < -0.4 is 33.3 Å². The fourth-order valence-corrected chi connectivity index (χ4v) is 11.2. The molecule has 2 aromatic rings. The average Bonchev–Trinajstić information content (AvgIpc) is 3.89. The lowest BCUT2D eigenvalue weighted by Gasteiger charge is -2.43. The number of hydrogen-bond acceptors (Lipinski definition) is 14. The molecule has 67 heavy (non-hydrogen) atoms. The summed E-state index contributed by atoms with van der Waals surface area (Å²) < 4.78 is 60.2. The van der Waals surface area contributed by atoms with Crippen LogP contribution in [0.25, 0.3) is 0 Å². The summed E-state index contributed by atoms with van der Waals surface area (Å²) in [5.74, 6) is -2.04. The highest BCUT2D eigenvalue weighted by Crippen LogP contribution is 2.52. The number of carbonyl (C=O) groups excluding carboxylic acids is 4. The highest BCUT2D eigenvalue weighted by atomic mass is 32.2. The number of carbonyl (C=O) groups is 4. The maximum Gasteiger partial charge on any atom is 0.408 e. The van der Waals surface area contributed by atoms with Gasteiger partial charge in [0.15, 0.2) is 28.5 Å². The van der Waals surface area contributed by atoms with E-state index in [2.05, 4.69) is 31.4 Å². The number of aromatic nitrogens is 2. The highest BCUT2D eigenvalue weighted by molar-refractivity contribution is 7.90. The van der Waals surface area contributed by atoms with Crippen molar-refractivity contribution in [3.63, 3.8) is 0 Å². The molecule has 1 aromatic carbocycles. The van der Waals surface area contributed by atoms with Gasteiger partial charge in [0.25, 0.3) is 15.7 Å². The van der Waals surface area contributed by atoms with E-state index in [1.165, 1.54) is 22.6 Å². The Bertz CT molecular complexity index is 2450. The molecule has 1 aromatic heterocycles. The summed E-state index contributed by atoms with van der Waals surface area (Å²) in [5, 5.41) is 5.40. The SMILES string of the molecule is Cc1cn([C@@H]2O[C@H](CO[Si](C)(C)C(C)(C)C)[C@@]3(OS(=O)(=O)C=C3N)[C@H]2O[Si](C)(C)C(C)(C)C)c(=O)n(CCCNC(=O)[C@@H]2CCCN2C(=O)[C@H](CC(N)=O)NC(=O)OCc2ccccc2)c1=O. The Balaban J connectivity index is 1.36. The first-order chi connectivity index (χ1) is 30.9.